The summed E-state index contributed by atoms with van der Waals surface area (Å²) in [4.78, 5) is 14.4. The number of carbonyl (C=O) groups excluding carboxylic acids is 1. The lowest BCUT2D eigenvalue weighted by Crippen LogP contribution is -2.31. The van der Waals surface area contributed by atoms with E-state index in [1.807, 2.05) is 36.1 Å². The topological polar surface area (TPSA) is 75.0 Å². The Labute approximate surface area is 118 Å². The third kappa shape index (κ3) is 2.99. The Kier molecular flexibility index (Phi) is 4.40. The van der Waals surface area contributed by atoms with Crippen LogP contribution in [0.25, 0.3) is 0 Å². The first-order valence-electron chi connectivity index (χ1n) is 6.76. The van der Waals surface area contributed by atoms with Crippen LogP contribution >= 0.6 is 0 Å². The van der Waals surface area contributed by atoms with Gasteiger partial charge in [-0.3, -0.25) is 9.89 Å². The number of nitrogens with zero attached hydrogens (tertiary/aromatic N) is 2. The second kappa shape index (κ2) is 6.23. The smallest absolute Gasteiger partial charge is 0.257 e. The standard InChI is InChI=1S/C15H20N4O/c1-3-8-19(10-12-6-4-5-7-14(12)16)15(20)13-9-17-18-11(13)2/h4-7,9H,3,8,10,16H2,1-2H3,(H,17,18). The van der Waals surface area contributed by atoms with Crippen molar-refractivity contribution in [3.8, 4) is 0 Å². The number of amides is 1. The maximum atomic E-state index is 12.6. The normalized spacial score (nSPS) is 10.5. The van der Waals surface area contributed by atoms with Gasteiger partial charge in [-0.15, -0.1) is 0 Å². The van der Waals surface area contributed by atoms with Gasteiger partial charge in [-0.1, -0.05) is 25.1 Å². The van der Waals surface area contributed by atoms with Gasteiger partial charge in [0.2, 0.25) is 0 Å². The number of rotatable bonds is 5. The molecule has 1 aromatic heterocycles. The molecule has 0 saturated heterocycles. The van der Waals surface area contributed by atoms with Gasteiger partial charge in [0.05, 0.1) is 11.8 Å². The molecular formula is C15H20N4O. The van der Waals surface area contributed by atoms with E-state index in [-0.39, 0.29) is 5.91 Å². The molecule has 1 heterocycles. The van der Waals surface area contributed by atoms with Crippen LogP contribution in [0, 0.1) is 6.92 Å². The average Bonchev–Trinajstić information content (AvgIpc) is 2.86. The van der Waals surface area contributed by atoms with Crippen molar-refractivity contribution in [2.45, 2.75) is 26.8 Å². The molecule has 20 heavy (non-hydrogen) atoms. The summed E-state index contributed by atoms with van der Waals surface area (Å²) < 4.78 is 0. The van der Waals surface area contributed by atoms with Gasteiger partial charge in [0.1, 0.15) is 0 Å². The molecule has 0 radical (unpaired) electrons. The lowest BCUT2D eigenvalue weighted by atomic mass is 10.1. The van der Waals surface area contributed by atoms with E-state index < -0.39 is 0 Å². The first-order valence-corrected chi connectivity index (χ1v) is 6.76. The van der Waals surface area contributed by atoms with Gasteiger partial charge in [0.15, 0.2) is 0 Å². The highest BCUT2D eigenvalue weighted by molar-refractivity contribution is 5.95. The van der Waals surface area contributed by atoms with E-state index in [9.17, 15) is 4.79 Å². The molecule has 1 aromatic carbocycles. The van der Waals surface area contributed by atoms with Crippen molar-refractivity contribution in [3.63, 3.8) is 0 Å². The molecular weight excluding hydrogens is 252 g/mol. The average molecular weight is 272 g/mol. The zero-order valence-electron chi connectivity index (χ0n) is 11.9. The summed E-state index contributed by atoms with van der Waals surface area (Å²) in [5.41, 5.74) is 9.05. The number of H-pyrrole nitrogens is 1. The molecule has 0 aliphatic carbocycles. The van der Waals surface area contributed by atoms with Crippen LogP contribution in [0.1, 0.15) is 35.0 Å². The Morgan fingerprint density at radius 2 is 2.15 bits per heavy atom. The molecule has 106 valence electrons. The molecule has 0 atom stereocenters. The van der Waals surface area contributed by atoms with Crippen molar-refractivity contribution in [1.82, 2.24) is 15.1 Å². The summed E-state index contributed by atoms with van der Waals surface area (Å²) in [7, 11) is 0. The first kappa shape index (κ1) is 14.1. The minimum Gasteiger partial charge on any atom is -0.398 e. The van der Waals surface area contributed by atoms with Crippen LogP contribution in [0.15, 0.2) is 30.5 Å². The second-order valence-electron chi connectivity index (χ2n) is 4.83. The number of nitrogen functional groups attached to an aromatic ring is 1. The van der Waals surface area contributed by atoms with E-state index in [0.717, 1.165) is 17.7 Å². The number of aryl methyl sites for hydroxylation is 1. The number of anilines is 1. The number of para-hydroxylation sites is 1. The van der Waals surface area contributed by atoms with Crippen molar-refractivity contribution in [3.05, 3.63) is 47.3 Å². The number of nitrogens with one attached hydrogen (secondary N) is 1. The Morgan fingerprint density at radius 3 is 2.75 bits per heavy atom. The maximum Gasteiger partial charge on any atom is 0.257 e. The summed E-state index contributed by atoms with van der Waals surface area (Å²) in [5.74, 6) is -0.0126. The fourth-order valence-corrected chi connectivity index (χ4v) is 2.14. The number of aromatic amines is 1. The molecule has 0 aliphatic rings. The SMILES string of the molecule is CCCN(Cc1ccccc1N)C(=O)c1cn[nH]c1C. The van der Waals surface area contributed by atoms with E-state index in [1.165, 1.54) is 0 Å². The van der Waals surface area contributed by atoms with Crippen molar-refractivity contribution < 1.29 is 4.79 Å². The lowest BCUT2D eigenvalue weighted by Gasteiger charge is -2.22. The third-order valence-electron chi connectivity index (χ3n) is 3.26. The van der Waals surface area contributed by atoms with Gasteiger partial charge < -0.3 is 10.6 Å². The first-order chi connectivity index (χ1) is 9.63. The summed E-state index contributed by atoms with van der Waals surface area (Å²) >= 11 is 0. The van der Waals surface area contributed by atoms with Crippen molar-refractivity contribution in [1.29, 1.82) is 0 Å². The highest BCUT2D eigenvalue weighted by Gasteiger charge is 2.19. The molecule has 0 unspecified atom stereocenters. The van der Waals surface area contributed by atoms with E-state index in [2.05, 4.69) is 17.1 Å². The predicted molar refractivity (Wildman–Crippen MR) is 79.2 cm³/mol. The van der Waals surface area contributed by atoms with Gasteiger partial charge in [0, 0.05) is 24.5 Å². The molecule has 0 spiro atoms. The second-order valence-corrected chi connectivity index (χ2v) is 4.83. The van der Waals surface area contributed by atoms with Crippen molar-refractivity contribution >= 4 is 11.6 Å². The molecule has 5 heteroatoms. The third-order valence-corrected chi connectivity index (χ3v) is 3.26. The van der Waals surface area contributed by atoms with Crippen LogP contribution in [-0.2, 0) is 6.54 Å². The Bertz CT molecular complexity index is 591. The van der Waals surface area contributed by atoms with Crippen LogP contribution < -0.4 is 5.73 Å². The zero-order chi connectivity index (χ0) is 14.5. The van der Waals surface area contributed by atoms with Gasteiger partial charge >= 0.3 is 0 Å². The Balaban J connectivity index is 2.21. The summed E-state index contributed by atoms with van der Waals surface area (Å²) in [6, 6.07) is 7.63. The van der Waals surface area contributed by atoms with E-state index >= 15 is 0 Å². The van der Waals surface area contributed by atoms with Gasteiger partial charge in [-0.05, 0) is 25.0 Å². The summed E-state index contributed by atoms with van der Waals surface area (Å²) in [6.07, 6.45) is 2.48. The minimum atomic E-state index is -0.0126. The molecule has 0 bridgehead atoms. The van der Waals surface area contributed by atoms with Crippen LogP contribution in [0.5, 0.6) is 0 Å². The van der Waals surface area contributed by atoms with Gasteiger partial charge in [-0.2, -0.15) is 5.10 Å². The number of aromatic nitrogens is 2. The highest BCUT2D eigenvalue weighted by atomic mass is 16.2. The van der Waals surface area contributed by atoms with E-state index in [0.29, 0.717) is 24.3 Å². The van der Waals surface area contributed by atoms with E-state index in [4.69, 9.17) is 5.73 Å². The molecule has 2 aromatic rings. The predicted octanol–water partition coefficient (Wildman–Crippen LogP) is 2.35. The van der Waals surface area contributed by atoms with Crippen LogP contribution in [0.4, 0.5) is 5.69 Å². The number of nitrogens with two attached hydrogens (primary N) is 1. The summed E-state index contributed by atoms with van der Waals surface area (Å²) in [6.45, 7) is 5.11. The number of carbonyl (C=O) groups is 1. The van der Waals surface area contributed by atoms with Gasteiger partial charge in [0.25, 0.3) is 5.91 Å². The van der Waals surface area contributed by atoms with E-state index in [1.54, 1.807) is 6.20 Å². The van der Waals surface area contributed by atoms with Crippen molar-refractivity contribution in [2.75, 3.05) is 12.3 Å². The van der Waals surface area contributed by atoms with Crippen LogP contribution in [0.2, 0.25) is 0 Å². The summed E-state index contributed by atoms with van der Waals surface area (Å²) in [5, 5.41) is 6.71. The molecule has 0 fully saturated rings. The molecule has 3 N–H and O–H groups in total. The lowest BCUT2D eigenvalue weighted by molar-refractivity contribution is 0.0743. The number of hydrogen-bond acceptors (Lipinski definition) is 3. The van der Waals surface area contributed by atoms with Gasteiger partial charge in [-0.25, -0.2) is 0 Å². The minimum absolute atomic E-state index is 0.0126. The number of hydrogen-bond donors (Lipinski definition) is 2. The number of benzene rings is 1. The fourth-order valence-electron chi connectivity index (χ4n) is 2.14. The fraction of sp³-hybridized carbons (Fsp3) is 0.333. The zero-order valence-corrected chi connectivity index (χ0v) is 11.9. The molecule has 2 rings (SSSR count). The monoisotopic (exact) mass is 272 g/mol. The molecule has 1 amide bonds. The molecule has 0 saturated carbocycles. The Morgan fingerprint density at radius 1 is 1.40 bits per heavy atom. The molecule has 0 aliphatic heterocycles. The van der Waals surface area contributed by atoms with Crippen molar-refractivity contribution in [2.24, 2.45) is 0 Å². The largest absolute Gasteiger partial charge is 0.398 e. The maximum absolute atomic E-state index is 12.6. The molecule has 5 nitrogen and oxygen atoms in total. The quantitative estimate of drug-likeness (QED) is 0.820. The highest BCUT2D eigenvalue weighted by Crippen LogP contribution is 2.16. The van der Waals surface area contributed by atoms with Crippen LogP contribution in [-0.4, -0.2) is 27.5 Å². The van der Waals surface area contributed by atoms with Crippen LogP contribution in [0.3, 0.4) is 0 Å². The Hall–Kier alpha value is -2.30.